The van der Waals surface area contributed by atoms with E-state index in [-0.39, 0.29) is 12.6 Å². The third-order valence-electron chi connectivity index (χ3n) is 4.38. The van der Waals surface area contributed by atoms with Gasteiger partial charge >= 0.3 is 5.97 Å². The van der Waals surface area contributed by atoms with Gasteiger partial charge in [-0.15, -0.1) is 0 Å². The highest BCUT2D eigenvalue weighted by Crippen LogP contribution is 2.08. The van der Waals surface area contributed by atoms with Crippen molar-refractivity contribution < 1.29 is 9.53 Å². The minimum atomic E-state index is -0.397. The highest BCUT2D eigenvalue weighted by molar-refractivity contribution is 5.76. The molecule has 3 aromatic carbocycles. The normalized spacial score (nSPS) is 12.0. The summed E-state index contributed by atoms with van der Waals surface area (Å²) in [5.74, 6) is -0.235. The van der Waals surface area contributed by atoms with E-state index in [0.29, 0.717) is 13.0 Å². The van der Waals surface area contributed by atoms with Crippen molar-refractivity contribution in [1.82, 2.24) is 5.32 Å². The zero-order chi connectivity index (χ0) is 19.4. The van der Waals surface area contributed by atoms with E-state index in [2.05, 4.69) is 5.32 Å². The molecular formula is C25H25NO2. The molecule has 0 fully saturated rings. The van der Waals surface area contributed by atoms with Gasteiger partial charge in [0.05, 0.1) is 0 Å². The van der Waals surface area contributed by atoms with Gasteiger partial charge in [-0.2, -0.15) is 0 Å². The van der Waals surface area contributed by atoms with Gasteiger partial charge in [-0.05, 0) is 23.1 Å². The van der Waals surface area contributed by atoms with Gasteiger partial charge < -0.3 is 10.1 Å². The summed E-state index contributed by atoms with van der Waals surface area (Å²) in [7, 11) is 0. The second-order valence-corrected chi connectivity index (χ2v) is 6.56. The van der Waals surface area contributed by atoms with Crippen LogP contribution in [0.4, 0.5) is 0 Å². The van der Waals surface area contributed by atoms with Gasteiger partial charge in [0.25, 0.3) is 0 Å². The Morgan fingerprint density at radius 3 is 2.04 bits per heavy atom. The molecule has 0 unspecified atom stereocenters. The molecule has 0 aromatic heterocycles. The smallest absolute Gasteiger partial charge is 0.323 e. The van der Waals surface area contributed by atoms with E-state index in [0.717, 1.165) is 16.7 Å². The summed E-state index contributed by atoms with van der Waals surface area (Å²) in [5.41, 5.74) is 3.22. The minimum Gasteiger partial charge on any atom is -0.460 e. The Bertz CT molecular complexity index is 861. The number of hydrogen-bond acceptors (Lipinski definition) is 3. The fourth-order valence-electron chi connectivity index (χ4n) is 2.89. The lowest BCUT2D eigenvalue weighted by atomic mass is 10.1. The Hall–Kier alpha value is -3.17. The average molecular weight is 371 g/mol. The van der Waals surface area contributed by atoms with Crippen LogP contribution >= 0.6 is 0 Å². The highest BCUT2D eigenvalue weighted by atomic mass is 16.5. The van der Waals surface area contributed by atoms with Crippen molar-refractivity contribution in [3.63, 3.8) is 0 Å². The molecule has 3 rings (SSSR count). The standard InChI is InChI=1S/C25H25NO2/c27-25(28-20-23-15-8-3-9-16-23)24(19-22-13-6-2-7-14-22)26-18-10-17-21-11-4-1-5-12-21/h1-17,24,26H,18-20H2/b17-10+/t24-/m0/s1. The maximum absolute atomic E-state index is 12.7. The third kappa shape index (κ3) is 6.53. The molecule has 28 heavy (non-hydrogen) atoms. The lowest BCUT2D eigenvalue weighted by molar-refractivity contribution is -0.147. The fraction of sp³-hybridized carbons (Fsp3) is 0.160. The van der Waals surface area contributed by atoms with E-state index in [1.807, 2.05) is 103 Å². The van der Waals surface area contributed by atoms with Crippen LogP contribution in [0.15, 0.2) is 97.1 Å². The van der Waals surface area contributed by atoms with E-state index in [1.165, 1.54) is 0 Å². The summed E-state index contributed by atoms with van der Waals surface area (Å²) in [5, 5.41) is 3.31. The van der Waals surface area contributed by atoms with Crippen LogP contribution in [0.1, 0.15) is 16.7 Å². The molecule has 0 aliphatic carbocycles. The van der Waals surface area contributed by atoms with Crippen molar-refractivity contribution in [1.29, 1.82) is 0 Å². The molecule has 0 saturated heterocycles. The number of esters is 1. The number of carbonyl (C=O) groups excluding carboxylic acids is 1. The summed E-state index contributed by atoms with van der Waals surface area (Å²) in [6.45, 7) is 0.874. The molecule has 0 bridgehead atoms. The zero-order valence-corrected chi connectivity index (χ0v) is 15.8. The summed E-state index contributed by atoms with van der Waals surface area (Å²) in [6, 6.07) is 29.4. The Labute approximate surface area is 166 Å². The first kappa shape index (κ1) is 19.6. The molecule has 0 radical (unpaired) electrons. The lowest BCUT2D eigenvalue weighted by Crippen LogP contribution is -2.40. The Morgan fingerprint density at radius 1 is 0.821 bits per heavy atom. The molecule has 0 aliphatic heterocycles. The summed E-state index contributed by atoms with van der Waals surface area (Å²) in [6.07, 6.45) is 4.66. The van der Waals surface area contributed by atoms with Crippen LogP contribution in [-0.2, 0) is 22.6 Å². The van der Waals surface area contributed by atoms with Gasteiger partial charge in [0.2, 0.25) is 0 Å². The van der Waals surface area contributed by atoms with Crippen molar-refractivity contribution in [2.45, 2.75) is 19.1 Å². The molecule has 3 aromatic rings. The van der Waals surface area contributed by atoms with Crippen molar-refractivity contribution in [2.75, 3.05) is 6.54 Å². The predicted molar refractivity (Wildman–Crippen MR) is 114 cm³/mol. The van der Waals surface area contributed by atoms with Crippen molar-refractivity contribution >= 4 is 12.0 Å². The number of ether oxygens (including phenoxy) is 1. The van der Waals surface area contributed by atoms with E-state index >= 15 is 0 Å². The largest absolute Gasteiger partial charge is 0.460 e. The van der Waals surface area contributed by atoms with Crippen LogP contribution in [0.5, 0.6) is 0 Å². The van der Waals surface area contributed by atoms with E-state index in [4.69, 9.17) is 4.74 Å². The molecule has 3 heteroatoms. The Kier molecular flexibility index (Phi) is 7.59. The number of carbonyl (C=O) groups is 1. The molecule has 3 nitrogen and oxygen atoms in total. The van der Waals surface area contributed by atoms with Crippen molar-refractivity contribution in [3.05, 3.63) is 114 Å². The molecule has 0 heterocycles. The second-order valence-electron chi connectivity index (χ2n) is 6.56. The van der Waals surface area contributed by atoms with Crippen LogP contribution in [0.3, 0.4) is 0 Å². The number of nitrogens with one attached hydrogen (secondary N) is 1. The Morgan fingerprint density at radius 2 is 1.39 bits per heavy atom. The molecular weight excluding hydrogens is 346 g/mol. The predicted octanol–water partition coefficient (Wildman–Crippen LogP) is 4.64. The van der Waals surface area contributed by atoms with E-state index in [1.54, 1.807) is 0 Å². The first-order chi connectivity index (χ1) is 13.8. The van der Waals surface area contributed by atoms with Crippen LogP contribution in [0.2, 0.25) is 0 Å². The number of hydrogen-bond donors (Lipinski definition) is 1. The van der Waals surface area contributed by atoms with E-state index in [9.17, 15) is 4.79 Å². The molecule has 0 aliphatic rings. The molecule has 142 valence electrons. The van der Waals surface area contributed by atoms with Crippen LogP contribution in [0.25, 0.3) is 6.08 Å². The van der Waals surface area contributed by atoms with Gasteiger partial charge in [-0.1, -0.05) is 103 Å². The first-order valence-corrected chi connectivity index (χ1v) is 9.51. The molecule has 1 atom stereocenters. The van der Waals surface area contributed by atoms with Gasteiger partial charge in [0.15, 0.2) is 0 Å². The van der Waals surface area contributed by atoms with Gasteiger partial charge in [-0.3, -0.25) is 4.79 Å². The lowest BCUT2D eigenvalue weighted by Gasteiger charge is -2.17. The van der Waals surface area contributed by atoms with Crippen LogP contribution in [0, 0.1) is 0 Å². The van der Waals surface area contributed by atoms with Crippen LogP contribution < -0.4 is 5.32 Å². The Balaban J connectivity index is 1.59. The topological polar surface area (TPSA) is 38.3 Å². The maximum atomic E-state index is 12.7. The summed E-state index contributed by atoms with van der Waals surface area (Å²) < 4.78 is 5.55. The molecule has 0 spiro atoms. The minimum absolute atomic E-state index is 0.235. The monoisotopic (exact) mass is 371 g/mol. The number of rotatable bonds is 9. The summed E-state index contributed by atoms with van der Waals surface area (Å²) in [4.78, 5) is 12.7. The quantitative estimate of drug-likeness (QED) is 0.557. The van der Waals surface area contributed by atoms with Crippen LogP contribution in [-0.4, -0.2) is 18.6 Å². The zero-order valence-electron chi connectivity index (χ0n) is 15.8. The van der Waals surface area contributed by atoms with Crippen molar-refractivity contribution in [3.8, 4) is 0 Å². The molecule has 1 N–H and O–H groups in total. The van der Waals surface area contributed by atoms with E-state index < -0.39 is 6.04 Å². The SMILES string of the molecule is O=C(OCc1ccccc1)[C@H](Cc1ccccc1)NC/C=C/c1ccccc1. The average Bonchev–Trinajstić information content (AvgIpc) is 2.76. The highest BCUT2D eigenvalue weighted by Gasteiger charge is 2.19. The third-order valence-corrected chi connectivity index (χ3v) is 4.38. The van der Waals surface area contributed by atoms with Crippen molar-refractivity contribution in [2.24, 2.45) is 0 Å². The van der Waals surface area contributed by atoms with Gasteiger partial charge in [-0.25, -0.2) is 0 Å². The molecule has 0 saturated carbocycles. The maximum Gasteiger partial charge on any atom is 0.323 e. The summed E-state index contributed by atoms with van der Waals surface area (Å²) >= 11 is 0. The second kappa shape index (κ2) is 10.9. The van der Waals surface area contributed by atoms with Gasteiger partial charge in [0.1, 0.15) is 12.6 Å². The molecule has 0 amide bonds. The first-order valence-electron chi connectivity index (χ1n) is 9.51. The van der Waals surface area contributed by atoms with Gasteiger partial charge in [0, 0.05) is 6.54 Å². The fourth-order valence-corrected chi connectivity index (χ4v) is 2.89. The number of benzene rings is 3.